The molecular formula is C11H10BrFN2O4. The first-order valence-corrected chi connectivity index (χ1v) is 6.34. The molecule has 1 N–H and O–H groups in total. The molecule has 19 heavy (non-hydrogen) atoms. The summed E-state index contributed by atoms with van der Waals surface area (Å²) >= 11 is 2.89. The summed E-state index contributed by atoms with van der Waals surface area (Å²) in [5, 5.41) is 20.1. The first-order valence-electron chi connectivity index (χ1n) is 5.54. The van der Waals surface area contributed by atoms with Gasteiger partial charge in [0, 0.05) is 18.7 Å². The van der Waals surface area contributed by atoms with Gasteiger partial charge in [0.15, 0.2) is 0 Å². The van der Waals surface area contributed by atoms with Crippen molar-refractivity contribution in [2.45, 2.75) is 18.9 Å². The number of hydrogen-bond acceptors (Lipinski definition) is 4. The molecule has 6 nitrogen and oxygen atoms in total. The quantitative estimate of drug-likeness (QED) is 0.679. The van der Waals surface area contributed by atoms with Gasteiger partial charge in [0.1, 0.15) is 17.5 Å². The zero-order chi connectivity index (χ0) is 14.2. The number of carboxylic acids is 1. The van der Waals surface area contributed by atoms with Crippen LogP contribution in [0.4, 0.5) is 15.8 Å². The summed E-state index contributed by atoms with van der Waals surface area (Å²) in [6, 6.07) is 1.21. The second-order valence-electron chi connectivity index (χ2n) is 4.20. The molecule has 1 aliphatic heterocycles. The molecule has 1 fully saturated rings. The van der Waals surface area contributed by atoms with Crippen LogP contribution < -0.4 is 4.90 Å². The molecule has 1 unspecified atom stereocenters. The number of halogens is 2. The molecule has 1 atom stereocenters. The lowest BCUT2D eigenvalue weighted by molar-refractivity contribution is -0.384. The summed E-state index contributed by atoms with van der Waals surface area (Å²) in [7, 11) is 0. The van der Waals surface area contributed by atoms with Crippen LogP contribution in [-0.4, -0.2) is 28.6 Å². The van der Waals surface area contributed by atoms with Gasteiger partial charge in [-0.2, -0.15) is 0 Å². The molecular weight excluding hydrogens is 323 g/mol. The molecule has 1 heterocycles. The van der Waals surface area contributed by atoms with Crippen molar-refractivity contribution in [2.24, 2.45) is 0 Å². The minimum Gasteiger partial charge on any atom is -0.480 e. The van der Waals surface area contributed by atoms with Crippen molar-refractivity contribution in [2.75, 3.05) is 11.4 Å². The standard InChI is InChI=1S/C11H10BrFN2O4/c12-6-4-10(15(18)19)9(5-7(6)13)14-3-1-2-8(14)11(16)17/h4-5,8H,1-3H2,(H,16,17). The average molecular weight is 333 g/mol. The van der Waals surface area contributed by atoms with Crippen LogP contribution in [-0.2, 0) is 4.79 Å². The monoisotopic (exact) mass is 332 g/mol. The Morgan fingerprint density at radius 1 is 1.58 bits per heavy atom. The number of anilines is 1. The van der Waals surface area contributed by atoms with E-state index < -0.39 is 22.8 Å². The van der Waals surface area contributed by atoms with E-state index in [1.807, 2.05) is 0 Å². The second kappa shape index (κ2) is 5.12. The topological polar surface area (TPSA) is 83.7 Å². The van der Waals surface area contributed by atoms with Crippen molar-refractivity contribution in [3.63, 3.8) is 0 Å². The average Bonchev–Trinajstić information content (AvgIpc) is 2.80. The van der Waals surface area contributed by atoms with Crippen molar-refractivity contribution in [1.82, 2.24) is 0 Å². The SMILES string of the molecule is O=C(O)C1CCCN1c1cc(F)c(Br)cc1[N+](=O)[O-]. The van der Waals surface area contributed by atoms with Gasteiger partial charge in [-0.25, -0.2) is 9.18 Å². The summed E-state index contributed by atoms with van der Waals surface area (Å²) in [5.41, 5.74) is -0.294. The summed E-state index contributed by atoms with van der Waals surface area (Å²) < 4.78 is 13.5. The fourth-order valence-corrected chi connectivity index (χ4v) is 2.55. The molecule has 0 spiro atoms. The van der Waals surface area contributed by atoms with Gasteiger partial charge in [-0.05, 0) is 28.8 Å². The molecule has 8 heteroatoms. The van der Waals surface area contributed by atoms with Crippen LogP contribution in [0.1, 0.15) is 12.8 Å². The predicted octanol–water partition coefficient (Wildman–Crippen LogP) is 2.55. The summed E-state index contributed by atoms with van der Waals surface area (Å²) in [5.74, 6) is -1.72. The van der Waals surface area contributed by atoms with E-state index in [0.29, 0.717) is 19.4 Å². The van der Waals surface area contributed by atoms with Crippen LogP contribution >= 0.6 is 15.9 Å². The summed E-state index contributed by atoms with van der Waals surface area (Å²) in [4.78, 5) is 22.8. The number of benzene rings is 1. The number of nitrogens with zero attached hydrogens (tertiary/aromatic N) is 2. The minimum absolute atomic E-state index is 0.00981. The fourth-order valence-electron chi connectivity index (χ4n) is 2.21. The van der Waals surface area contributed by atoms with Crippen LogP contribution in [0.5, 0.6) is 0 Å². The Balaban J connectivity index is 2.51. The molecule has 1 saturated heterocycles. The summed E-state index contributed by atoms with van der Waals surface area (Å²) in [6.45, 7) is 0.360. The Hall–Kier alpha value is -1.70. The molecule has 1 aliphatic rings. The maximum Gasteiger partial charge on any atom is 0.326 e. The third-order valence-corrected chi connectivity index (χ3v) is 3.67. The molecule has 0 saturated carbocycles. The number of nitro benzene ring substituents is 1. The molecule has 2 rings (SSSR count). The first kappa shape index (κ1) is 13.7. The zero-order valence-electron chi connectivity index (χ0n) is 9.68. The normalized spacial score (nSPS) is 18.6. The Morgan fingerprint density at radius 3 is 2.84 bits per heavy atom. The Bertz CT molecular complexity index is 552. The molecule has 0 aromatic heterocycles. The second-order valence-corrected chi connectivity index (χ2v) is 5.06. The molecule has 102 valence electrons. The zero-order valence-corrected chi connectivity index (χ0v) is 11.3. The van der Waals surface area contributed by atoms with E-state index >= 15 is 0 Å². The number of carboxylic acid groups (broad SMARTS) is 1. The Labute approximate surface area is 116 Å². The summed E-state index contributed by atoms with van der Waals surface area (Å²) in [6.07, 6.45) is 0.996. The van der Waals surface area contributed by atoms with E-state index in [4.69, 9.17) is 5.11 Å². The van der Waals surface area contributed by atoms with Crippen LogP contribution in [0, 0.1) is 15.9 Å². The van der Waals surface area contributed by atoms with E-state index in [0.717, 1.165) is 12.1 Å². The molecule has 1 aromatic rings. The number of nitro groups is 1. The predicted molar refractivity (Wildman–Crippen MR) is 68.8 cm³/mol. The first-order chi connectivity index (χ1) is 8.91. The van der Waals surface area contributed by atoms with Crippen LogP contribution in [0.2, 0.25) is 0 Å². The van der Waals surface area contributed by atoms with E-state index in [1.54, 1.807) is 0 Å². The lowest BCUT2D eigenvalue weighted by Gasteiger charge is -2.23. The third-order valence-electron chi connectivity index (χ3n) is 3.06. The van der Waals surface area contributed by atoms with E-state index in [9.17, 15) is 19.3 Å². The van der Waals surface area contributed by atoms with E-state index in [2.05, 4.69) is 15.9 Å². The van der Waals surface area contributed by atoms with Gasteiger partial charge < -0.3 is 10.0 Å². The van der Waals surface area contributed by atoms with Crippen molar-refractivity contribution in [3.05, 3.63) is 32.5 Å². The van der Waals surface area contributed by atoms with Crippen molar-refractivity contribution in [3.8, 4) is 0 Å². The molecule has 0 amide bonds. The number of hydrogen-bond donors (Lipinski definition) is 1. The van der Waals surface area contributed by atoms with Gasteiger partial charge in [-0.15, -0.1) is 0 Å². The van der Waals surface area contributed by atoms with E-state index in [1.165, 1.54) is 4.90 Å². The number of rotatable bonds is 3. The number of carbonyl (C=O) groups is 1. The maximum atomic E-state index is 13.6. The van der Waals surface area contributed by atoms with Crippen LogP contribution in [0.25, 0.3) is 0 Å². The smallest absolute Gasteiger partial charge is 0.326 e. The molecule has 1 aromatic carbocycles. The fraction of sp³-hybridized carbons (Fsp3) is 0.364. The molecule has 0 radical (unpaired) electrons. The van der Waals surface area contributed by atoms with E-state index in [-0.39, 0.29) is 15.8 Å². The maximum absolute atomic E-state index is 13.6. The van der Waals surface area contributed by atoms with Crippen LogP contribution in [0.15, 0.2) is 16.6 Å². The van der Waals surface area contributed by atoms with Gasteiger partial charge in [-0.1, -0.05) is 0 Å². The van der Waals surface area contributed by atoms with Gasteiger partial charge in [-0.3, -0.25) is 10.1 Å². The van der Waals surface area contributed by atoms with Gasteiger partial charge >= 0.3 is 5.97 Å². The molecule has 0 aliphatic carbocycles. The van der Waals surface area contributed by atoms with Crippen molar-refractivity contribution >= 4 is 33.3 Å². The number of aliphatic carboxylic acids is 1. The highest BCUT2D eigenvalue weighted by molar-refractivity contribution is 9.10. The Kier molecular flexibility index (Phi) is 3.70. The highest BCUT2D eigenvalue weighted by Crippen LogP contribution is 2.37. The lowest BCUT2D eigenvalue weighted by atomic mass is 10.2. The van der Waals surface area contributed by atoms with Crippen molar-refractivity contribution < 1.29 is 19.2 Å². The van der Waals surface area contributed by atoms with Crippen LogP contribution in [0.3, 0.4) is 0 Å². The van der Waals surface area contributed by atoms with Gasteiger partial charge in [0.25, 0.3) is 5.69 Å². The third kappa shape index (κ3) is 2.53. The van der Waals surface area contributed by atoms with Gasteiger partial charge in [0.05, 0.1) is 9.40 Å². The molecule has 0 bridgehead atoms. The van der Waals surface area contributed by atoms with Crippen molar-refractivity contribution in [1.29, 1.82) is 0 Å². The lowest BCUT2D eigenvalue weighted by Crippen LogP contribution is -2.36. The Morgan fingerprint density at radius 2 is 2.26 bits per heavy atom. The highest BCUT2D eigenvalue weighted by atomic mass is 79.9. The highest BCUT2D eigenvalue weighted by Gasteiger charge is 2.35. The van der Waals surface area contributed by atoms with Gasteiger partial charge in [0.2, 0.25) is 0 Å². The minimum atomic E-state index is -1.06. The largest absolute Gasteiger partial charge is 0.480 e.